The van der Waals surface area contributed by atoms with Crippen LogP contribution in [0.3, 0.4) is 0 Å². The minimum Gasteiger partial charge on any atom is -0.375 e. The maximum Gasteiger partial charge on any atom is 0.0608 e. The zero-order chi connectivity index (χ0) is 13.9. The fourth-order valence-corrected chi connectivity index (χ4v) is 3.61. The summed E-state index contributed by atoms with van der Waals surface area (Å²) in [5.41, 5.74) is 0.294. The topological polar surface area (TPSA) is 24.5 Å². The zero-order valence-electron chi connectivity index (χ0n) is 13.2. The first-order valence-corrected chi connectivity index (χ1v) is 8.08. The van der Waals surface area contributed by atoms with Crippen molar-refractivity contribution in [3.8, 4) is 0 Å². The molecule has 0 aliphatic carbocycles. The quantitative estimate of drug-likeness (QED) is 0.848. The maximum atomic E-state index is 6.03. The Morgan fingerprint density at radius 2 is 1.89 bits per heavy atom. The monoisotopic (exact) mass is 268 g/mol. The highest BCUT2D eigenvalue weighted by atomic mass is 16.5. The number of hydrogen-bond donors (Lipinski definition) is 1. The molecule has 0 radical (unpaired) electrons. The van der Waals surface area contributed by atoms with E-state index in [-0.39, 0.29) is 0 Å². The maximum absolute atomic E-state index is 6.03. The summed E-state index contributed by atoms with van der Waals surface area (Å²) in [7, 11) is 0. The van der Waals surface area contributed by atoms with Gasteiger partial charge >= 0.3 is 0 Å². The van der Waals surface area contributed by atoms with Gasteiger partial charge in [0.25, 0.3) is 0 Å². The molecule has 0 bridgehead atoms. The van der Waals surface area contributed by atoms with Gasteiger partial charge in [-0.25, -0.2) is 0 Å². The number of rotatable bonds is 4. The Bertz CT molecular complexity index is 272. The average molecular weight is 268 g/mol. The van der Waals surface area contributed by atoms with Gasteiger partial charge in [0.15, 0.2) is 0 Å². The highest BCUT2D eigenvalue weighted by molar-refractivity contribution is 4.91. The Hall–Kier alpha value is -0.120. The molecule has 0 aromatic rings. The fraction of sp³-hybridized carbons (Fsp3) is 1.00. The Labute approximate surface area is 119 Å². The molecule has 1 atom stereocenters. The van der Waals surface area contributed by atoms with E-state index in [4.69, 9.17) is 4.74 Å². The highest BCUT2D eigenvalue weighted by Crippen LogP contribution is 2.31. The van der Waals surface area contributed by atoms with Crippen molar-refractivity contribution in [3.63, 3.8) is 0 Å². The Balaban J connectivity index is 1.85. The molecular weight excluding hydrogens is 236 g/mol. The van der Waals surface area contributed by atoms with Crippen molar-refractivity contribution in [1.82, 2.24) is 10.2 Å². The molecule has 0 aromatic carbocycles. The van der Waals surface area contributed by atoms with Crippen LogP contribution in [0.4, 0.5) is 0 Å². The van der Waals surface area contributed by atoms with Crippen molar-refractivity contribution in [2.45, 2.75) is 71.1 Å². The molecule has 2 heterocycles. The molecule has 3 nitrogen and oxygen atoms in total. The van der Waals surface area contributed by atoms with Crippen LogP contribution in [0.15, 0.2) is 0 Å². The van der Waals surface area contributed by atoms with E-state index >= 15 is 0 Å². The van der Waals surface area contributed by atoms with Gasteiger partial charge in [-0.1, -0.05) is 0 Å². The van der Waals surface area contributed by atoms with Gasteiger partial charge < -0.3 is 10.1 Å². The van der Waals surface area contributed by atoms with E-state index in [0.29, 0.717) is 17.7 Å². The first-order valence-electron chi connectivity index (χ1n) is 8.08. The van der Waals surface area contributed by atoms with Crippen LogP contribution < -0.4 is 5.32 Å². The summed E-state index contributed by atoms with van der Waals surface area (Å²) in [6.45, 7) is 14.0. The SMILES string of the molecule is CC(C)OC1CCN(CC2CCNCC2)C(C)(C)C1. The van der Waals surface area contributed by atoms with Gasteiger partial charge in [-0.15, -0.1) is 0 Å². The third-order valence-electron chi connectivity index (χ3n) is 4.71. The molecule has 1 unspecified atom stereocenters. The van der Waals surface area contributed by atoms with Gasteiger partial charge in [0.2, 0.25) is 0 Å². The molecule has 3 heteroatoms. The van der Waals surface area contributed by atoms with E-state index in [1.807, 2.05) is 0 Å². The summed E-state index contributed by atoms with van der Waals surface area (Å²) < 4.78 is 6.03. The first kappa shape index (κ1) is 15.3. The summed E-state index contributed by atoms with van der Waals surface area (Å²) in [6, 6.07) is 0. The van der Waals surface area contributed by atoms with Crippen LogP contribution in [0.2, 0.25) is 0 Å². The second kappa shape index (κ2) is 6.55. The third-order valence-corrected chi connectivity index (χ3v) is 4.71. The summed E-state index contributed by atoms with van der Waals surface area (Å²) in [4.78, 5) is 2.71. The van der Waals surface area contributed by atoms with E-state index in [2.05, 4.69) is 37.9 Å². The number of nitrogens with one attached hydrogen (secondary N) is 1. The Morgan fingerprint density at radius 1 is 1.21 bits per heavy atom. The molecule has 0 saturated carbocycles. The lowest BCUT2D eigenvalue weighted by Gasteiger charge is -2.47. The predicted molar refractivity (Wildman–Crippen MR) is 80.5 cm³/mol. The van der Waals surface area contributed by atoms with E-state index in [1.165, 1.54) is 51.9 Å². The molecule has 2 aliphatic rings. The van der Waals surface area contributed by atoms with Crippen LogP contribution in [-0.2, 0) is 4.74 Å². The lowest BCUT2D eigenvalue weighted by atomic mass is 9.86. The smallest absolute Gasteiger partial charge is 0.0608 e. The summed E-state index contributed by atoms with van der Waals surface area (Å²) in [5.74, 6) is 0.892. The van der Waals surface area contributed by atoms with E-state index in [1.54, 1.807) is 0 Å². The molecule has 1 N–H and O–H groups in total. The van der Waals surface area contributed by atoms with Crippen molar-refractivity contribution in [2.24, 2.45) is 5.92 Å². The Kier molecular flexibility index (Phi) is 5.27. The normalized spacial score (nSPS) is 29.8. The van der Waals surface area contributed by atoms with Crippen LogP contribution in [0.5, 0.6) is 0 Å². The van der Waals surface area contributed by atoms with Gasteiger partial charge in [-0.2, -0.15) is 0 Å². The molecule has 0 spiro atoms. The predicted octanol–water partition coefficient (Wildman–Crippen LogP) is 2.65. The summed E-state index contributed by atoms with van der Waals surface area (Å²) in [5, 5.41) is 3.46. The Morgan fingerprint density at radius 3 is 2.47 bits per heavy atom. The van der Waals surface area contributed by atoms with Crippen molar-refractivity contribution in [2.75, 3.05) is 26.2 Å². The van der Waals surface area contributed by atoms with Crippen molar-refractivity contribution >= 4 is 0 Å². The molecule has 2 saturated heterocycles. The van der Waals surface area contributed by atoms with Crippen molar-refractivity contribution in [3.05, 3.63) is 0 Å². The van der Waals surface area contributed by atoms with Crippen LogP contribution in [0.1, 0.15) is 53.4 Å². The second-order valence-electron chi connectivity index (χ2n) is 7.25. The first-order chi connectivity index (χ1) is 8.97. The molecular formula is C16H32N2O. The van der Waals surface area contributed by atoms with Crippen LogP contribution in [0, 0.1) is 5.92 Å². The van der Waals surface area contributed by atoms with E-state index < -0.39 is 0 Å². The van der Waals surface area contributed by atoms with Gasteiger partial charge in [-0.3, -0.25) is 4.90 Å². The van der Waals surface area contributed by atoms with Gasteiger partial charge in [0, 0.05) is 18.6 Å². The number of likely N-dealkylation sites (tertiary alicyclic amines) is 1. The molecule has 112 valence electrons. The lowest BCUT2D eigenvalue weighted by molar-refractivity contribution is -0.0706. The zero-order valence-corrected chi connectivity index (χ0v) is 13.2. The van der Waals surface area contributed by atoms with Crippen molar-refractivity contribution < 1.29 is 4.74 Å². The van der Waals surface area contributed by atoms with Crippen LogP contribution in [0.25, 0.3) is 0 Å². The highest BCUT2D eigenvalue weighted by Gasteiger charge is 2.36. The van der Waals surface area contributed by atoms with E-state index in [9.17, 15) is 0 Å². The summed E-state index contributed by atoms with van der Waals surface area (Å²) >= 11 is 0. The van der Waals surface area contributed by atoms with Gasteiger partial charge in [-0.05, 0) is 72.4 Å². The van der Waals surface area contributed by atoms with Gasteiger partial charge in [0.1, 0.15) is 0 Å². The van der Waals surface area contributed by atoms with Crippen molar-refractivity contribution in [1.29, 1.82) is 0 Å². The molecule has 2 rings (SSSR count). The molecule has 2 fully saturated rings. The van der Waals surface area contributed by atoms with Crippen LogP contribution >= 0.6 is 0 Å². The standard InChI is InChI=1S/C16H32N2O/c1-13(2)19-15-7-10-18(16(3,4)11-15)12-14-5-8-17-9-6-14/h13-15,17H,5-12H2,1-4H3. The van der Waals surface area contributed by atoms with Crippen LogP contribution in [-0.4, -0.2) is 48.8 Å². The number of piperidine rings is 2. The molecule has 0 aromatic heterocycles. The second-order valence-corrected chi connectivity index (χ2v) is 7.25. The molecule has 19 heavy (non-hydrogen) atoms. The molecule has 2 aliphatic heterocycles. The largest absolute Gasteiger partial charge is 0.375 e. The number of nitrogens with zero attached hydrogens (tertiary/aromatic N) is 1. The number of hydrogen-bond acceptors (Lipinski definition) is 3. The number of ether oxygens (including phenoxy) is 1. The fourth-order valence-electron chi connectivity index (χ4n) is 3.61. The molecule has 0 amide bonds. The minimum atomic E-state index is 0.294. The minimum absolute atomic E-state index is 0.294. The summed E-state index contributed by atoms with van der Waals surface area (Å²) in [6.07, 6.45) is 5.88. The van der Waals surface area contributed by atoms with Gasteiger partial charge in [0.05, 0.1) is 12.2 Å². The lowest BCUT2D eigenvalue weighted by Crippen LogP contribution is -2.54. The van der Waals surface area contributed by atoms with E-state index in [0.717, 1.165) is 5.92 Å². The average Bonchev–Trinajstić information content (AvgIpc) is 2.33. The third kappa shape index (κ3) is 4.44.